The molecule has 0 radical (unpaired) electrons. The fourth-order valence-corrected chi connectivity index (χ4v) is 1.53. The van der Waals surface area contributed by atoms with Crippen LogP contribution in [0.3, 0.4) is 0 Å². The van der Waals surface area contributed by atoms with Crippen LogP contribution >= 0.6 is 0 Å². The number of anilines is 2. The van der Waals surface area contributed by atoms with Crippen LogP contribution in [0, 0.1) is 5.82 Å². The average Bonchev–Trinajstić information content (AvgIpc) is 2.31. The standard InChI is InChI=1S/C12H12FN3/c13-10-4-5-11(14)9(12(10)15)7-8-3-1-2-6-16-8/h1-6H,7,14-15H2. The molecule has 0 aliphatic rings. The van der Waals surface area contributed by atoms with Crippen molar-refractivity contribution in [1.82, 2.24) is 4.98 Å². The predicted octanol–water partition coefficient (Wildman–Crippen LogP) is 1.98. The van der Waals surface area contributed by atoms with Gasteiger partial charge in [-0.25, -0.2) is 4.39 Å². The molecule has 1 heterocycles. The number of nitrogens with zero attached hydrogens (tertiary/aromatic N) is 1. The van der Waals surface area contributed by atoms with Gasteiger partial charge in [0.1, 0.15) is 5.82 Å². The van der Waals surface area contributed by atoms with Gasteiger partial charge in [0.25, 0.3) is 0 Å². The van der Waals surface area contributed by atoms with Crippen molar-refractivity contribution in [3.63, 3.8) is 0 Å². The second kappa shape index (κ2) is 4.18. The van der Waals surface area contributed by atoms with E-state index in [9.17, 15) is 4.39 Å². The molecule has 0 unspecified atom stereocenters. The summed E-state index contributed by atoms with van der Waals surface area (Å²) in [6.45, 7) is 0. The van der Waals surface area contributed by atoms with Crippen molar-refractivity contribution in [2.45, 2.75) is 6.42 Å². The topological polar surface area (TPSA) is 64.9 Å². The summed E-state index contributed by atoms with van der Waals surface area (Å²) < 4.78 is 13.3. The van der Waals surface area contributed by atoms with Gasteiger partial charge in [0.15, 0.2) is 0 Å². The molecule has 0 bridgehead atoms. The van der Waals surface area contributed by atoms with Crippen LogP contribution in [-0.4, -0.2) is 4.98 Å². The van der Waals surface area contributed by atoms with Gasteiger partial charge in [-0.15, -0.1) is 0 Å². The van der Waals surface area contributed by atoms with E-state index in [2.05, 4.69) is 4.98 Å². The lowest BCUT2D eigenvalue weighted by molar-refractivity contribution is 0.631. The van der Waals surface area contributed by atoms with Gasteiger partial charge < -0.3 is 11.5 Å². The zero-order chi connectivity index (χ0) is 11.5. The fraction of sp³-hybridized carbons (Fsp3) is 0.0833. The van der Waals surface area contributed by atoms with Gasteiger partial charge in [-0.1, -0.05) is 6.07 Å². The summed E-state index contributed by atoms with van der Waals surface area (Å²) in [6, 6.07) is 8.33. The number of halogens is 1. The van der Waals surface area contributed by atoms with Gasteiger partial charge in [-0.2, -0.15) is 0 Å². The maximum absolute atomic E-state index is 13.3. The summed E-state index contributed by atoms with van der Waals surface area (Å²) in [4.78, 5) is 4.15. The van der Waals surface area contributed by atoms with Gasteiger partial charge in [0.2, 0.25) is 0 Å². The Kier molecular flexibility index (Phi) is 2.72. The molecule has 3 nitrogen and oxygen atoms in total. The first-order valence-corrected chi connectivity index (χ1v) is 4.90. The van der Waals surface area contributed by atoms with Crippen LogP contribution in [0.5, 0.6) is 0 Å². The van der Waals surface area contributed by atoms with Crippen molar-refractivity contribution in [2.24, 2.45) is 0 Å². The Labute approximate surface area is 92.9 Å². The zero-order valence-corrected chi connectivity index (χ0v) is 8.65. The number of rotatable bonds is 2. The van der Waals surface area contributed by atoms with E-state index >= 15 is 0 Å². The number of hydrogen-bond acceptors (Lipinski definition) is 3. The maximum Gasteiger partial charge on any atom is 0.146 e. The first-order valence-electron chi connectivity index (χ1n) is 4.90. The highest BCUT2D eigenvalue weighted by atomic mass is 19.1. The van der Waals surface area contributed by atoms with E-state index < -0.39 is 5.82 Å². The van der Waals surface area contributed by atoms with Crippen LogP contribution in [0.1, 0.15) is 11.3 Å². The Bertz CT molecular complexity index is 497. The highest BCUT2D eigenvalue weighted by Crippen LogP contribution is 2.24. The van der Waals surface area contributed by atoms with E-state index in [-0.39, 0.29) is 5.69 Å². The number of benzene rings is 1. The van der Waals surface area contributed by atoms with E-state index in [1.54, 1.807) is 6.20 Å². The van der Waals surface area contributed by atoms with Gasteiger partial charge in [0, 0.05) is 29.6 Å². The van der Waals surface area contributed by atoms with E-state index in [0.717, 1.165) is 5.69 Å². The van der Waals surface area contributed by atoms with E-state index in [1.807, 2.05) is 18.2 Å². The van der Waals surface area contributed by atoms with Crippen LogP contribution in [0.25, 0.3) is 0 Å². The molecule has 0 aliphatic carbocycles. The summed E-state index contributed by atoms with van der Waals surface area (Å²) in [5.74, 6) is -0.444. The molecule has 2 rings (SSSR count). The number of pyridine rings is 1. The molecule has 1 aromatic heterocycles. The zero-order valence-electron chi connectivity index (χ0n) is 8.65. The summed E-state index contributed by atoms with van der Waals surface area (Å²) >= 11 is 0. The van der Waals surface area contributed by atoms with Crippen LogP contribution in [-0.2, 0) is 6.42 Å². The Morgan fingerprint density at radius 2 is 1.94 bits per heavy atom. The van der Waals surface area contributed by atoms with Crippen molar-refractivity contribution >= 4 is 11.4 Å². The molecule has 4 heteroatoms. The van der Waals surface area contributed by atoms with Crippen molar-refractivity contribution in [3.8, 4) is 0 Å². The Morgan fingerprint density at radius 1 is 1.12 bits per heavy atom. The van der Waals surface area contributed by atoms with Gasteiger partial charge >= 0.3 is 0 Å². The molecule has 0 spiro atoms. The third-order valence-electron chi connectivity index (χ3n) is 2.42. The SMILES string of the molecule is Nc1ccc(F)c(N)c1Cc1ccccn1. The molecule has 2 aromatic rings. The molecular formula is C12H12FN3. The first kappa shape index (κ1) is 10.4. The largest absolute Gasteiger partial charge is 0.398 e. The lowest BCUT2D eigenvalue weighted by Crippen LogP contribution is -2.04. The Morgan fingerprint density at radius 3 is 2.62 bits per heavy atom. The average molecular weight is 217 g/mol. The fourth-order valence-electron chi connectivity index (χ4n) is 1.53. The molecule has 4 N–H and O–H groups in total. The van der Waals surface area contributed by atoms with Crippen LogP contribution in [0.15, 0.2) is 36.5 Å². The molecule has 1 aromatic carbocycles. The third-order valence-corrected chi connectivity index (χ3v) is 2.42. The van der Waals surface area contributed by atoms with Crippen LogP contribution < -0.4 is 11.5 Å². The minimum absolute atomic E-state index is 0.102. The molecule has 0 atom stereocenters. The molecular weight excluding hydrogens is 205 g/mol. The smallest absolute Gasteiger partial charge is 0.146 e. The monoisotopic (exact) mass is 217 g/mol. The molecule has 16 heavy (non-hydrogen) atoms. The second-order valence-corrected chi connectivity index (χ2v) is 3.53. The highest BCUT2D eigenvalue weighted by molar-refractivity contribution is 5.63. The predicted molar refractivity (Wildman–Crippen MR) is 62.3 cm³/mol. The first-order chi connectivity index (χ1) is 7.68. The summed E-state index contributed by atoms with van der Waals surface area (Å²) in [5, 5.41) is 0. The lowest BCUT2D eigenvalue weighted by atomic mass is 10.0. The molecule has 0 saturated carbocycles. The van der Waals surface area contributed by atoms with Crippen molar-refractivity contribution in [1.29, 1.82) is 0 Å². The van der Waals surface area contributed by atoms with Gasteiger partial charge in [-0.3, -0.25) is 4.98 Å². The summed E-state index contributed by atoms with van der Waals surface area (Å²) in [6.07, 6.45) is 2.12. The van der Waals surface area contributed by atoms with Crippen LogP contribution in [0.2, 0.25) is 0 Å². The third kappa shape index (κ3) is 1.95. The lowest BCUT2D eigenvalue weighted by Gasteiger charge is -2.09. The minimum Gasteiger partial charge on any atom is -0.398 e. The normalized spacial score (nSPS) is 10.3. The summed E-state index contributed by atoms with van der Waals surface area (Å²) in [5.41, 5.74) is 13.4. The molecule has 0 amide bonds. The van der Waals surface area contributed by atoms with Gasteiger partial charge in [-0.05, 0) is 24.3 Å². The number of nitrogen functional groups attached to an aromatic ring is 2. The van der Waals surface area contributed by atoms with E-state index in [4.69, 9.17) is 11.5 Å². The van der Waals surface area contributed by atoms with Crippen LogP contribution in [0.4, 0.5) is 15.8 Å². The van der Waals surface area contributed by atoms with Gasteiger partial charge in [0.05, 0.1) is 5.69 Å². The molecule has 0 saturated heterocycles. The quantitative estimate of drug-likeness (QED) is 0.756. The van der Waals surface area contributed by atoms with Crippen molar-refractivity contribution in [2.75, 3.05) is 11.5 Å². The number of hydrogen-bond donors (Lipinski definition) is 2. The highest BCUT2D eigenvalue weighted by Gasteiger charge is 2.09. The molecule has 0 fully saturated rings. The summed E-state index contributed by atoms with van der Waals surface area (Å²) in [7, 11) is 0. The Balaban J connectivity index is 2.38. The number of aromatic nitrogens is 1. The number of nitrogens with two attached hydrogens (primary N) is 2. The Hall–Kier alpha value is -2.10. The maximum atomic E-state index is 13.3. The van der Waals surface area contributed by atoms with Crippen molar-refractivity contribution < 1.29 is 4.39 Å². The van der Waals surface area contributed by atoms with E-state index in [1.165, 1.54) is 12.1 Å². The minimum atomic E-state index is -0.444. The molecule has 82 valence electrons. The van der Waals surface area contributed by atoms with E-state index in [0.29, 0.717) is 17.7 Å². The second-order valence-electron chi connectivity index (χ2n) is 3.53. The van der Waals surface area contributed by atoms with Crippen molar-refractivity contribution in [3.05, 3.63) is 53.6 Å². The molecule has 0 aliphatic heterocycles.